The van der Waals surface area contributed by atoms with E-state index < -0.39 is 0 Å². The summed E-state index contributed by atoms with van der Waals surface area (Å²) in [5.74, 6) is 0.928. The Morgan fingerprint density at radius 3 is 2.86 bits per heavy atom. The summed E-state index contributed by atoms with van der Waals surface area (Å²) in [6.45, 7) is 1.94. The second-order valence-electron chi connectivity index (χ2n) is 2.74. The summed E-state index contributed by atoms with van der Waals surface area (Å²) in [5, 5.41) is 0.962. The van der Waals surface area contributed by atoms with Crippen molar-refractivity contribution < 1.29 is 4.42 Å². The normalized spacial score (nSPS) is 10.4. The number of hydrogen-bond donors (Lipinski definition) is 0. The van der Waals surface area contributed by atoms with Crippen molar-refractivity contribution in [3.05, 3.63) is 40.9 Å². The highest BCUT2D eigenvalue weighted by atomic mass is 79.9. The van der Waals surface area contributed by atoms with Gasteiger partial charge in [-0.05, 0) is 41.1 Å². The van der Waals surface area contributed by atoms with Gasteiger partial charge in [-0.25, -0.2) is 4.98 Å². The van der Waals surface area contributed by atoms with Crippen molar-refractivity contribution in [3.8, 4) is 0 Å². The summed E-state index contributed by atoms with van der Waals surface area (Å²) in [6.07, 6.45) is 1.69. The minimum absolute atomic E-state index is 0.851. The van der Waals surface area contributed by atoms with Gasteiger partial charge in [0.25, 0.3) is 0 Å². The van der Waals surface area contributed by atoms with Crippen LogP contribution in [0.2, 0.25) is 0 Å². The highest BCUT2D eigenvalue weighted by molar-refractivity contribution is 9.10. The Balaban J connectivity index is 2.23. The van der Waals surface area contributed by atoms with Crippen LogP contribution in [-0.4, -0.2) is 4.98 Å². The molecule has 0 saturated heterocycles. The second kappa shape index (κ2) is 4.19. The molecule has 4 heteroatoms. The van der Waals surface area contributed by atoms with Gasteiger partial charge in [-0.15, -0.1) is 0 Å². The van der Waals surface area contributed by atoms with E-state index in [2.05, 4.69) is 20.9 Å². The van der Waals surface area contributed by atoms with Crippen LogP contribution in [0.25, 0.3) is 0 Å². The van der Waals surface area contributed by atoms with E-state index in [0.717, 1.165) is 20.3 Å². The van der Waals surface area contributed by atoms with Crippen LogP contribution in [0.1, 0.15) is 5.76 Å². The molecule has 2 rings (SSSR count). The Labute approximate surface area is 94.9 Å². The summed E-state index contributed by atoms with van der Waals surface area (Å²) in [6, 6.07) is 7.80. The maximum absolute atomic E-state index is 5.21. The number of nitrogens with zero attached hydrogens (tertiary/aromatic N) is 1. The van der Waals surface area contributed by atoms with Crippen LogP contribution in [0.5, 0.6) is 0 Å². The molecule has 0 atom stereocenters. The molecule has 0 aliphatic heterocycles. The molecule has 0 spiro atoms. The number of rotatable bonds is 2. The van der Waals surface area contributed by atoms with Crippen molar-refractivity contribution in [2.24, 2.45) is 0 Å². The lowest BCUT2D eigenvalue weighted by molar-refractivity contribution is 0.527. The van der Waals surface area contributed by atoms with Crippen LogP contribution >= 0.6 is 27.7 Å². The van der Waals surface area contributed by atoms with Crippen molar-refractivity contribution >= 4 is 27.7 Å². The largest absolute Gasteiger partial charge is 0.468 e. The van der Waals surface area contributed by atoms with Crippen LogP contribution in [0, 0.1) is 6.92 Å². The number of pyridine rings is 1. The average Bonchev–Trinajstić information content (AvgIpc) is 2.52. The van der Waals surface area contributed by atoms with E-state index in [-0.39, 0.29) is 0 Å². The Morgan fingerprint density at radius 2 is 2.21 bits per heavy atom. The van der Waals surface area contributed by atoms with E-state index in [0.29, 0.717) is 0 Å². The molecule has 2 nitrogen and oxygen atoms in total. The third kappa shape index (κ3) is 2.19. The van der Waals surface area contributed by atoms with Crippen molar-refractivity contribution in [2.75, 3.05) is 0 Å². The van der Waals surface area contributed by atoms with Crippen molar-refractivity contribution in [2.45, 2.75) is 16.8 Å². The molecule has 0 amide bonds. The van der Waals surface area contributed by atoms with Crippen LogP contribution in [0.3, 0.4) is 0 Å². The first kappa shape index (κ1) is 9.80. The molecule has 0 aromatic carbocycles. The smallest absolute Gasteiger partial charge is 0.114 e. The summed E-state index contributed by atoms with van der Waals surface area (Å²) >= 11 is 4.94. The molecule has 0 saturated carbocycles. The monoisotopic (exact) mass is 269 g/mol. The third-order valence-corrected chi connectivity index (χ3v) is 3.24. The standard InChI is InChI=1S/C10H8BrNOS/c1-7-8(5-6-13-7)14-10-4-2-3-9(11)12-10/h2-6H,1H3. The van der Waals surface area contributed by atoms with Gasteiger partial charge < -0.3 is 4.42 Å². The van der Waals surface area contributed by atoms with E-state index in [1.54, 1.807) is 18.0 Å². The van der Waals surface area contributed by atoms with Gasteiger partial charge >= 0.3 is 0 Å². The van der Waals surface area contributed by atoms with Gasteiger partial charge in [0.15, 0.2) is 0 Å². The van der Waals surface area contributed by atoms with Gasteiger partial charge in [0.1, 0.15) is 15.4 Å². The van der Waals surface area contributed by atoms with E-state index in [1.165, 1.54) is 0 Å². The maximum Gasteiger partial charge on any atom is 0.114 e. The van der Waals surface area contributed by atoms with Crippen LogP contribution in [-0.2, 0) is 0 Å². The summed E-state index contributed by atoms with van der Waals surface area (Å²) in [7, 11) is 0. The van der Waals surface area contributed by atoms with E-state index in [1.807, 2.05) is 31.2 Å². The quantitative estimate of drug-likeness (QED) is 0.774. The van der Waals surface area contributed by atoms with E-state index >= 15 is 0 Å². The lowest BCUT2D eigenvalue weighted by Crippen LogP contribution is -1.79. The zero-order valence-corrected chi connectivity index (χ0v) is 9.93. The van der Waals surface area contributed by atoms with Crippen molar-refractivity contribution in [3.63, 3.8) is 0 Å². The lowest BCUT2D eigenvalue weighted by Gasteiger charge is -1.98. The Kier molecular flexibility index (Phi) is 2.93. The molecular weight excluding hydrogens is 262 g/mol. The molecule has 2 aromatic heterocycles. The molecule has 0 aliphatic carbocycles. The maximum atomic E-state index is 5.21. The predicted octanol–water partition coefficient (Wildman–Crippen LogP) is 3.90. The first-order chi connectivity index (χ1) is 6.75. The molecular formula is C10H8BrNOS. The lowest BCUT2D eigenvalue weighted by atomic mass is 10.5. The molecule has 2 aromatic rings. The van der Waals surface area contributed by atoms with Gasteiger partial charge in [-0.1, -0.05) is 17.8 Å². The first-order valence-corrected chi connectivity index (χ1v) is 5.71. The van der Waals surface area contributed by atoms with Crippen molar-refractivity contribution in [1.29, 1.82) is 0 Å². The van der Waals surface area contributed by atoms with Crippen LogP contribution in [0.4, 0.5) is 0 Å². The molecule has 0 radical (unpaired) electrons. The van der Waals surface area contributed by atoms with E-state index in [9.17, 15) is 0 Å². The predicted molar refractivity (Wildman–Crippen MR) is 59.5 cm³/mol. The molecule has 0 unspecified atom stereocenters. The molecule has 14 heavy (non-hydrogen) atoms. The fourth-order valence-corrected chi connectivity index (χ4v) is 2.33. The van der Waals surface area contributed by atoms with Crippen molar-refractivity contribution in [1.82, 2.24) is 4.98 Å². The summed E-state index contributed by atoms with van der Waals surface area (Å²) in [4.78, 5) is 5.43. The number of furan rings is 1. The number of aromatic nitrogens is 1. The second-order valence-corrected chi connectivity index (χ2v) is 4.62. The number of aryl methyl sites for hydroxylation is 1. The van der Waals surface area contributed by atoms with Gasteiger partial charge in [0, 0.05) is 0 Å². The highest BCUT2D eigenvalue weighted by Crippen LogP contribution is 2.29. The summed E-state index contributed by atoms with van der Waals surface area (Å²) in [5.41, 5.74) is 0. The third-order valence-electron chi connectivity index (χ3n) is 1.72. The molecule has 0 bridgehead atoms. The fraction of sp³-hybridized carbons (Fsp3) is 0.100. The summed E-state index contributed by atoms with van der Waals surface area (Å²) < 4.78 is 6.06. The Morgan fingerprint density at radius 1 is 1.36 bits per heavy atom. The Bertz CT molecular complexity index is 441. The van der Waals surface area contributed by atoms with Gasteiger partial charge in [0.2, 0.25) is 0 Å². The first-order valence-electron chi connectivity index (χ1n) is 4.10. The Hall–Kier alpha value is -0.740. The average molecular weight is 270 g/mol. The SMILES string of the molecule is Cc1occc1Sc1cccc(Br)n1. The van der Waals surface area contributed by atoms with Crippen LogP contribution in [0.15, 0.2) is 49.5 Å². The fourth-order valence-electron chi connectivity index (χ4n) is 1.04. The van der Waals surface area contributed by atoms with Gasteiger partial charge in [-0.3, -0.25) is 0 Å². The molecule has 2 heterocycles. The number of hydrogen-bond acceptors (Lipinski definition) is 3. The zero-order valence-electron chi connectivity index (χ0n) is 7.53. The van der Waals surface area contributed by atoms with Gasteiger partial charge in [0.05, 0.1) is 11.2 Å². The highest BCUT2D eigenvalue weighted by Gasteiger charge is 2.04. The van der Waals surface area contributed by atoms with E-state index in [4.69, 9.17) is 4.42 Å². The molecule has 0 fully saturated rings. The van der Waals surface area contributed by atoms with Crippen LogP contribution < -0.4 is 0 Å². The minimum Gasteiger partial charge on any atom is -0.468 e. The van der Waals surface area contributed by atoms with Gasteiger partial charge in [-0.2, -0.15) is 0 Å². The molecule has 0 N–H and O–H groups in total. The topological polar surface area (TPSA) is 26.0 Å². The minimum atomic E-state index is 0.851. The molecule has 0 aliphatic rings. The molecule has 72 valence electrons. The zero-order chi connectivity index (χ0) is 9.97. The number of halogens is 1.